The van der Waals surface area contributed by atoms with Crippen LogP contribution in [0.3, 0.4) is 0 Å². The van der Waals surface area contributed by atoms with Crippen LogP contribution in [0.15, 0.2) is 30.3 Å². The molecule has 0 spiro atoms. The van der Waals surface area contributed by atoms with Gasteiger partial charge in [0.25, 0.3) is 0 Å². The van der Waals surface area contributed by atoms with Crippen molar-refractivity contribution in [3.63, 3.8) is 0 Å². The molecule has 1 aliphatic rings. The third-order valence-electron chi connectivity index (χ3n) is 4.43. The van der Waals surface area contributed by atoms with E-state index >= 15 is 0 Å². The second-order valence-corrected chi connectivity index (χ2v) is 6.00. The molecule has 1 fully saturated rings. The zero-order chi connectivity index (χ0) is 14.4. The molecule has 1 heterocycles. The molecule has 0 radical (unpaired) electrons. The normalized spacial score (nSPS) is 25.6. The van der Waals surface area contributed by atoms with Crippen LogP contribution < -0.4 is 5.32 Å². The monoisotopic (exact) mass is 276 g/mol. The fraction of sp³-hybridized carbons (Fsp3) is 0.647. The highest BCUT2D eigenvalue weighted by molar-refractivity contribution is 5.16. The molecule has 0 aromatic heterocycles. The summed E-state index contributed by atoms with van der Waals surface area (Å²) in [7, 11) is 0. The molecular formula is C17H28N2O. The van der Waals surface area contributed by atoms with Crippen LogP contribution >= 0.6 is 0 Å². The Bertz CT molecular complexity index is 382. The van der Waals surface area contributed by atoms with Crippen molar-refractivity contribution < 1.29 is 5.11 Å². The van der Waals surface area contributed by atoms with Crippen molar-refractivity contribution in [3.05, 3.63) is 35.9 Å². The SMILES string of the molecule is CCN1CC[C@@H](N[C@@H](CO)Cc2ccccc2)[C@@H](C)C1. The molecule has 3 heteroatoms. The average molecular weight is 276 g/mol. The predicted octanol–water partition coefficient (Wildman–Crippen LogP) is 1.91. The van der Waals surface area contributed by atoms with Gasteiger partial charge >= 0.3 is 0 Å². The van der Waals surface area contributed by atoms with Crippen LogP contribution in [0, 0.1) is 5.92 Å². The molecule has 0 amide bonds. The maximum atomic E-state index is 9.63. The lowest BCUT2D eigenvalue weighted by atomic mass is 9.92. The third-order valence-corrected chi connectivity index (χ3v) is 4.43. The number of piperidine rings is 1. The number of nitrogens with one attached hydrogen (secondary N) is 1. The lowest BCUT2D eigenvalue weighted by Gasteiger charge is -2.38. The second kappa shape index (κ2) is 7.77. The van der Waals surface area contributed by atoms with Gasteiger partial charge in [-0.05, 0) is 37.4 Å². The van der Waals surface area contributed by atoms with Crippen molar-refractivity contribution in [2.75, 3.05) is 26.2 Å². The zero-order valence-electron chi connectivity index (χ0n) is 12.8. The van der Waals surface area contributed by atoms with E-state index in [-0.39, 0.29) is 12.6 Å². The quantitative estimate of drug-likeness (QED) is 0.833. The second-order valence-electron chi connectivity index (χ2n) is 6.00. The first-order valence-corrected chi connectivity index (χ1v) is 7.86. The molecule has 2 rings (SSSR count). The highest BCUT2D eigenvalue weighted by Gasteiger charge is 2.26. The first kappa shape index (κ1) is 15.5. The average Bonchev–Trinajstić information content (AvgIpc) is 2.49. The topological polar surface area (TPSA) is 35.5 Å². The molecular weight excluding hydrogens is 248 g/mol. The van der Waals surface area contributed by atoms with E-state index in [4.69, 9.17) is 0 Å². The molecule has 0 saturated carbocycles. The van der Waals surface area contributed by atoms with Gasteiger partial charge in [0.15, 0.2) is 0 Å². The van der Waals surface area contributed by atoms with E-state index in [2.05, 4.69) is 48.3 Å². The highest BCUT2D eigenvalue weighted by atomic mass is 16.3. The van der Waals surface area contributed by atoms with Crippen LogP contribution in [0.5, 0.6) is 0 Å². The number of rotatable bonds is 6. The Hall–Kier alpha value is -0.900. The summed E-state index contributed by atoms with van der Waals surface area (Å²) in [4.78, 5) is 2.51. The van der Waals surface area contributed by atoms with Gasteiger partial charge in [-0.15, -0.1) is 0 Å². The van der Waals surface area contributed by atoms with Crippen LogP contribution in [0.4, 0.5) is 0 Å². The van der Waals surface area contributed by atoms with Crippen molar-refractivity contribution in [3.8, 4) is 0 Å². The van der Waals surface area contributed by atoms with E-state index in [1.807, 2.05) is 6.07 Å². The van der Waals surface area contributed by atoms with Crippen molar-refractivity contribution >= 4 is 0 Å². The molecule has 0 bridgehead atoms. The van der Waals surface area contributed by atoms with Crippen LogP contribution in [0.25, 0.3) is 0 Å². The van der Waals surface area contributed by atoms with Gasteiger partial charge in [0.2, 0.25) is 0 Å². The lowest BCUT2D eigenvalue weighted by molar-refractivity contribution is 0.133. The number of hydrogen-bond donors (Lipinski definition) is 2. The van der Waals surface area contributed by atoms with Gasteiger partial charge in [-0.25, -0.2) is 0 Å². The molecule has 112 valence electrons. The van der Waals surface area contributed by atoms with Crippen LogP contribution in [0.1, 0.15) is 25.8 Å². The Morgan fingerprint density at radius 2 is 2.10 bits per heavy atom. The van der Waals surface area contributed by atoms with Gasteiger partial charge in [-0.1, -0.05) is 44.2 Å². The summed E-state index contributed by atoms with van der Waals surface area (Å²) in [5, 5.41) is 13.3. The fourth-order valence-electron chi connectivity index (χ4n) is 3.14. The maximum Gasteiger partial charge on any atom is 0.0587 e. The van der Waals surface area contributed by atoms with E-state index in [1.54, 1.807) is 0 Å². The van der Waals surface area contributed by atoms with Gasteiger partial charge < -0.3 is 15.3 Å². The molecule has 1 aromatic carbocycles. The van der Waals surface area contributed by atoms with Crippen molar-refractivity contribution in [2.45, 2.75) is 38.8 Å². The van der Waals surface area contributed by atoms with Gasteiger partial charge in [0.1, 0.15) is 0 Å². The van der Waals surface area contributed by atoms with Crippen LogP contribution in [0.2, 0.25) is 0 Å². The van der Waals surface area contributed by atoms with E-state index < -0.39 is 0 Å². The van der Waals surface area contributed by atoms with Crippen molar-refractivity contribution in [1.82, 2.24) is 10.2 Å². The number of aliphatic hydroxyl groups is 1. The van der Waals surface area contributed by atoms with Crippen molar-refractivity contribution in [2.24, 2.45) is 5.92 Å². The van der Waals surface area contributed by atoms with E-state index in [0.717, 1.165) is 19.5 Å². The van der Waals surface area contributed by atoms with Gasteiger partial charge in [-0.3, -0.25) is 0 Å². The van der Waals surface area contributed by atoms with Crippen molar-refractivity contribution in [1.29, 1.82) is 0 Å². The largest absolute Gasteiger partial charge is 0.395 e. The summed E-state index contributed by atoms with van der Waals surface area (Å²) in [6, 6.07) is 11.1. The number of aliphatic hydroxyl groups excluding tert-OH is 1. The molecule has 0 aliphatic carbocycles. The van der Waals surface area contributed by atoms with Gasteiger partial charge in [0, 0.05) is 18.6 Å². The Balaban J connectivity index is 1.87. The Labute approximate surface area is 123 Å². The minimum atomic E-state index is 0.165. The molecule has 1 saturated heterocycles. The smallest absolute Gasteiger partial charge is 0.0587 e. The minimum absolute atomic E-state index is 0.165. The lowest BCUT2D eigenvalue weighted by Crippen LogP contribution is -2.52. The summed E-state index contributed by atoms with van der Waals surface area (Å²) in [6.45, 7) is 8.22. The number of hydrogen-bond acceptors (Lipinski definition) is 3. The number of nitrogens with zero attached hydrogens (tertiary/aromatic N) is 1. The summed E-state index contributed by atoms with van der Waals surface area (Å²) >= 11 is 0. The molecule has 0 unspecified atom stereocenters. The Morgan fingerprint density at radius 1 is 1.35 bits per heavy atom. The minimum Gasteiger partial charge on any atom is -0.395 e. The van der Waals surface area contributed by atoms with E-state index in [9.17, 15) is 5.11 Å². The first-order valence-electron chi connectivity index (χ1n) is 7.86. The zero-order valence-corrected chi connectivity index (χ0v) is 12.8. The third kappa shape index (κ3) is 4.30. The molecule has 3 atom stereocenters. The highest BCUT2D eigenvalue weighted by Crippen LogP contribution is 2.17. The van der Waals surface area contributed by atoms with E-state index in [0.29, 0.717) is 12.0 Å². The Kier molecular flexibility index (Phi) is 6.02. The molecule has 1 aliphatic heterocycles. The summed E-state index contributed by atoms with van der Waals surface area (Å²) in [6.07, 6.45) is 2.08. The number of benzene rings is 1. The van der Waals surface area contributed by atoms with E-state index in [1.165, 1.54) is 18.5 Å². The molecule has 2 N–H and O–H groups in total. The summed E-state index contributed by atoms with van der Waals surface area (Å²) < 4.78 is 0. The predicted molar refractivity (Wildman–Crippen MR) is 83.8 cm³/mol. The fourth-order valence-corrected chi connectivity index (χ4v) is 3.14. The van der Waals surface area contributed by atoms with Crippen LogP contribution in [-0.2, 0) is 6.42 Å². The molecule has 3 nitrogen and oxygen atoms in total. The summed E-state index contributed by atoms with van der Waals surface area (Å²) in [5.41, 5.74) is 1.29. The molecule has 1 aromatic rings. The van der Waals surface area contributed by atoms with Crippen LogP contribution in [-0.4, -0.2) is 48.3 Å². The van der Waals surface area contributed by atoms with Gasteiger partial charge in [-0.2, -0.15) is 0 Å². The maximum absolute atomic E-state index is 9.63. The summed E-state index contributed by atoms with van der Waals surface area (Å²) in [5.74, 6) is 0.647. The first-order chi connectivity index (χ1) is 9.72. The number of likely N-dealkylation sites (tertiary alicyclic amines) is 1. The standard InChI is InChI=1S/C17H28N2O/c1-3-19-10-9-17(14(2)12-19)18-16(13-20)11-15-7-5-4-6-8-15/h4-8,14,16-18,20H,3,9-13H2,1-2H3/t14-,16+,17+/m0/s1. The Morgan fingerprint density at radius 3 is 2.70 bits per heavy atom. The van der Waals surface area contributed by atoms with Gasteiger partial charge in [0.05, 0.1) is 6.61 Å². The molecule has 20 heavy (non-hydrogen) atoms.